The molecule has 1 saturated heterocycles. The second kappa shape index (κ2) is 5.07. The van der Waals surface area contributed by atoms with Crippen LogP contribution >= 0.6 is 0 Å². The van der Waals surface area contributed by atoms with Gasteiger partial charge in [0.15, 0.2) is 6.29 Å². The van der Waals surface area contributed by atoms with E-state index < -0.39 is 0 Å². The smallest absolute Gasteiger partial charge is 0.153 e. The van der Waals surface area contributed by atoms with Gasteiger partial charge in [-0.05, 0) is 18.6 Å². The lowest BCUT2D eigenvalue weighted by Crippen LogP contribution is -2.43. The lowest BCUT2D eigenvalue weighted by molar-refractivity contribution is 0.0381. The number of pyridine rings is 1. The van der Waals surface area contributed by atoms with Crippen molar-refractivity contribution in [3.8, 4) is 0 Å². The van der Waals surface area contributed by atoms with Gasteiger partial charge in [0.1, 0.15) is 5.82 Å². The van der Waals surface area contributed by atoms with Crippen molar-refractivity contribution in [2.75, 3.05) is 24.6 Å². The predicted molar refractivity (Wildman–Crippen MR) is 61.9 cm³/mol. The van der Waals surface area contributed by atoms with Gasteiger partial charge in [-0.25, -0.2) is 4.98 Å². The van der Waals surface area contributed by atoms with Crippen LogP contribution < -0.4 is 4.90 Å². The molecule has 1 aliphatic rings. The fourth-order valence-electron chi connectivity index (χ4n) is 1.92. The molecule has 2 rings (SSSR count). The van der Waals surface area contributed by atoms with Crippen molar-refractivity contribution in [2.24, 2.45) is 0 Å². The number of carbonyl (C=O) groups excluding carboxylic acids is 1. The summed E-state index contributed by atoms with van der Waals surface area (Å²) >= 11 is 0. The monoisotopic (exact) mass is 220 g/mol. The number of ether oxygens (including phenoxy) is 1. The molecule has 4 nitrogen and oxygen atoms in total. The van der Waals surface area contributed by atoms with Crippen LogP contribution in [0, 0.1) is 0 Å². The summed E-state index contributed by atoms with van der Waals surface area (Å²) in [5.41, 5.74) is 0.652. The van der Waals surface area contributed by atoms with Crippen LogP contribution in [-0.4, -0.2) is 37.1 Å². The summed E-state index contributed by atoms with van der Waals surface area (Å²) in [6.45, 7) is 4.42. The van der Waals surface area contributed by atoms with Crippen molar-refractivity contribution in [3.05, 3.63) is 23.9 Å². The number of carbonyl (C=O) groups is 1. The number of aromatic nitrogens is 1. The molecule has 0 spiro atoms. The van der Waals surface area contributed by atoms with Crippen LogP contribution in [0.4, 0.5) is 5.82 Å². The maximum atomic E-state index is 10.9. The van der Waals surface area contributed by atoms with Crippen LogP contribution in [0.15, 0.2) is 18.3 Å². The van der Waals surface area contributed by atoms with Crippen LogP contribution in [0.25, 0.3) is 0 Å². The molecule has 0 radical (unpaired) electrons. The first-order chi connectivity index (χ1) is 7.85. The van der Waals surface area contributed by atoms with Gasteiger partial charge in [-0.3, -0.25) is 4.79 Å². The average Bonchev–Trinajstić information content (AvgIpc) is 2.38. The molecule has 0 aromatic carbocycles. The lowest BCUT2D eigenvalue weighted by atomic mass is 10.2. The molecule has 1 atom stereocenters. The molecule has 2 heterocycles. The third kappa shape index (κ3) is 2.22. The molecule has 16 heavy (non-hydrogen) atoms. The largest absolute Gasteiger partial charge is 0.375 e. The molecule has 0 amide bonds. The van der Waals surface area contributed by atoms with E-state index in [-0.39, 0.29) is 6.10 Å². The molecule has 0 saturated carbocycles. The topological polar surface area (TPSA) is 42.4 Å². The minimum absolute atomic E-state index is 0.246. The van der Waals surface area contributed by atoms with Crippen molar-refractivity contribution in [1.82, 2.24) is 4.98 Å². The van der Waals surface area contributed by atoms with E-state index in [4.69, 9.17) is 4.74 Å². The summed E-state index contributed by atoms with van der Waals surface area (Å²) in [6.07, 6.45) is 3.81. The van der Waals surface area contributed by atoms with Gasteiger partial charge >= 0.3 is 0 Å². The zero-order valence-corrected chi connectivity index (χ0v) is 9.43. The molecule has 1 aliphatic heterocycles. The van der Waals surface area contributed by atoms with Gasteiger partial charge < -0.3 is 9.64 Å². The van der Waals surface area contributed by atoms with E-state index in [0.29, 0.717) is 12.2 Å². The van der Waals surface area contributed by atoms with Gasteiger partial charge in [0.2, 0.25) is 0 Å². The molecular weight excluding hydrogens is 204 g/mol. The second-order valence-corrected chi connectivity index (χ2v) is 3.88. The highest BCUT2D eigenvalue weighted by Crippen LogP contribution is 2.19. The van der Waals surface area contributed by atoms with Gasteiger partial charge in [0.05, 0.1) is 18.3 Å². The summed E-state index contributed by atoms with van der Waals surface area (Å²) in [6, 6.07) is 3.58. The molecule has 0 N–H and O–H groups in total. The fraction of sp³-hybridized carbons (Fsp3) is 0.500. The lowest BCUT2D eigenvalue weighted by Gasteiger charge is -2.33. The number of hydrogen-bond acceptors (Lipinski definition) is 4. The zero-order valence-electron chi connectivity index (χ0n) is 9.43. The molecular formula is C12H16N2O2. The van der Waals surface area contributed by atoms with Crippen LogP contribution in [0.3, 0.4) is 0 Å². The summed E-state index contributed by atoms with van der Waals surface area (Å²) in [5.74, 6) is 0.777. The predicted octanol–water partition coefficient (Wildman–Crippen LogP) is 1.51. The minimum atomic E-state index is 0.246. The van der Waals surface area contributed by atoms with Gasteiger partial charge in [-0.1, -0.05) is 6.92 Å². The Bertz CT molecular complexity index is 368. The van der Waals surface area contributed by atoms with Gasteiger partial charge in [0.25, 0.3) is 0 Å². The van der Waals surface area contributed by atoms with Gasteiger partial charge in [-0.2, -0.15) is 0 Å². The van der Waals surface area contributed by atoms with Crippen LogP contribution in [0.1, 0.15) is 23.7 Å². The number of nitrogens with zero attached hydrogens (tertiary/aromatic N) is 2. The fourth-order valence-corrected chi connectivity index (χ4v) is 1.92. The molecule has 0 aliphatic carbocycles. The number of anilines is 1. The van der Waals surface area contributed by atoms with Crippen molar-refractivity contribution in [3.63, 3.8) is 0 Å². The van der Waals surface area contributed by atoms with Crippen LogP contribution in [-0.2, 0) is 4.74 Å². The van der Waals surface area contributed by atoms with E-state index in [9.17, 15) is 4.79 Å². The third-order valence-corrected chi connectivity index (χ3v) is 2.84. The molecule has 0 bridgehead atoms. The van der Waals surface area contributed by atoms with Gasteiger partial charge in [0, 0.05) is 19.3 Å². The Hall–Kier alpha value is -1.42. The Balaban J connectivity index is 2.19. The second-order valence-electron chi connectivity index (χ2n) is 3.88. The Morgan fingerprint density at radius 3 is 3.31 bits per heavy atom. The highest BCUT2D eigenvalue weighted by atomic mass is 16.5. The zero-order chi connectivity index (χ0) is 11.4. The molecule has 86 valence electrons. The van der Waals surface area contributed by atoms with Crippen molar-refractivity contribution in [2.45, 2.75) is 19.4 Å². The van der Waals surface area contributed by atoms with E-state index in [1.54, 1.807) is 18.3 Å². The van der Waals surface area contributed by atoms with E-state index in [1.165, 1.54) is 0 Å². The Kier molecular flexibility index (Phi) is 3.51. The maximum absolute atomic E-state index is 10.9. The first-order valence-electron chi connectivity index (χ1n) is 5.62. The first-order valence-corrected chi connectivity index (χ1v) is 5.62. The third-order valence-electron chi connectivity index (χ3n) is 2.84. The Morgan fingerprint density at radius 1 is 1.69 bits per heavy atom. The first kappa shape index (κ1) is 11.1. The molecule has 1 aromatic heterocycles. The van der Waals surface area contributed by atoms with Crippen molar-refractivity contribution < 1.29 is 9.53 Å². The van der Waals surface area contributed by atoms with E-state index >= 15 is 0 Å². The van der Waals surface area contributed by atoms with E-state index in [0.717, 1.165) is 31.6 Å². The number of morpholine rings is 1. The summed E-state index contributed by atoms with van der Waals surface area (Å²) < 4.78 is 5.59. The quantitative estimate of drug-likeness (QED) is 0.724. The summed E-state index contributed by atoms with van der Waals surface area (Å²) in [4.78, 5) is 17.3. The highest BCUT2D eigenvalue weighted by molar-refractivity contribution is 5.82. The van der Waals surface area contributed by atoms with E-state index in [2.05, 4.69) is 16.8 Å². The van der Waals surface area contributed by atoms with Crippen molar-refractivity contribution >= 4 is 12.1 Å². The molecule has 1 fully saturated rings. The summed E-state index contributed by atoms with van der Waals surface area (Å²) in [7, 11) is 0. The normalized spacial score (nSPS) is 20.8. The highest BCUT2D eigenvalue weighted by Gasteiger charge is 2.21. The maximum Gasteiger partial charge on any atom is 0.153 e. The number of aldehydes is 1. The molecule has 1 aromatic rings. The van der Waals surface area contributed by atoms with E-state index in [1.807, 2.05) is 0 Å². The van der Waals surface area contributed by atoms with Crippen LogP contribution in [0.2, 0.25) is 0 Å². The Labute approximate surface area is 95.2 Å². The standard InChI is InChI=1S/C12H16N2O2/c1-2-11-8-14(6-7-16-11)12-10(9-15)4-3-5-13-12/h3-5,9,11H,2,6-8H2,1H3. The molecule has 4 heteroatoms. The van der Waals surface area contributed by atoms with Crippen LogP contribution in [0.5, 0.6) is 0 Å². The summed E-state index contributed by atoms with van der Waals surface area (Å²) in [5, 5.41) is 0. The number of hydrogen-bond donors (Lipinski definition) is 0. The average molecular weight is 220 g/mol. The molecule has 1 unspecified atom stereocenters. The number of rotatable bonds is 3. The minimum Gasteiger partial charge on any atom is -0.375 e. The van der Waals surface area contributed by atoms with Crippen molar-refractivity contribution in [1.29, 1.82) is 0 Å². The Morgan fingerprint density at radius 2 is 2.56 bits per heavy atom. The SMILES string of the molecule is CCC1CN(c2ncccc2C=O)CCO1. The van der Waals surface area contributed by atoms with Gasteiger partial charge in [-0.15, -0.1) is 0 Å².